The van der Waals surface area contributed by atoms with E-state index < -0.39 is 74.2 Å². The van der Waals surface area contributed by atoms with Gasteiger partial charge in [-0.15, -0.1) is 0 Å². The molecule has 9 atom stereocenters. The summed E-state index contributed by atoms with van der Waals surface area (Å²) >= 11 is 0. The maximum Gasteiger partial charge on any atom is 0.249 e. The number of aliphatic hydroxyl groups is 7. The van der Waals surface area contributed by atoms with E-state index in [4.69, 9.17) is 9.47 Å². The van der Waals surface area contributed by atoms with Crippen molar-refractivity contribution in [3.8, 4) is 0 Å². The molecule has 1 fully saturated rings. The number of ether oxygens (including phenoxy) is 2. The first-order valence-electron chi connectivity index (χ1n) is 24.1. The molecular formula is C47H91NO10. The summed E-state index contributed by atoms with van der Waals surface area (Å²) in [6.07, 6.45) is 28.3. The monoisotopic (exact) mass is 830 g/mol. The molecule has 8 N–H and O–H groups in total. The van der Waals surface area contributed by atoms with E-state index in [0.29, 0.717) is 19.3 Å². The Hall–Kier alpha value is -1.15. The van der Waals surface area contributed by atoms with Crippen LogP contribution in [0.5, 0.6) is 0 Å². The Kier molecular flexibility index (Phi) is 35.6. The minimum Gasteiger partial charge on any atom is -0.394 e. The fourth-order valence-corrected chi connectivity index (χ4v) is 7.79. The molecule has 0 aromatic rings. The number of carbonyl (C=O) groups is 1. The summed E-state index contributed by atoms with van der Waals surface area (Å²) in [6, 6.07) is -1.16. The number of allylic oxidation sites excluding steroid dienone is 2. The number of rotatable bonds is 40. The highest BCUT2D eigenvalue weighted by Gasteiger charge is 2.44. The third-order valence-electron chi connectivity index (χ3n) is 11.8. The summed E-state index contributed by atoms with van der Waals surface area (Å²) in [7, 11) is 0. The maximum atomic E-state index is 13.1. The van der Waals surface area contributed by atoms with Gasteiger partial charge >= 0.3 is 0 Å². The van der Waals surface area contributed by atoms with E-state index in [2.05, 4.69) is 31.3 Å². The van der Waals surface area contributed by atoms with Gasteiger partial charge in [0, 0.05) is 0 Å². The van der Waals surface area contributed by atoms with Crippen molar-refractivity contribution in [1.29, 1.82) is 0 Å². The molecule has 11 nitrogen and oxygen atoms in total. The Morgan fingerprint density at radius 3 is 1.45 bits per heavy atom. The van der Waals surface area contributed by atoms with Gasteiger partial charge in [0.05, 0.1) is 25.4 Å². The molecule has 344 valence electrons. The van der Waals surface area contributed by atoms with Crippen LogP contribution in [0, 0.1) is 0 Å². The van der Waals surface area contributed by atoms with Crippen molar-refractivity contribution >= 4 is 5.91 Å². The van der Waals surface area contributed by atoms with Crippen molar-refractivity contribution in [3.05, 3.63) is 12.2 Å². The highest BCUT2D eigenvalue weighted by Crippen LogP contribution is 2.23. The van der Waals surface area contributed by atoms with Gasteiger partial charge in [0.15, 0.2) is 6.29 Å². The zero-order valence-electron chi connectivity index (χ0n) is 37.0. The van der Waals surface area contributed by atoms with Crippen LogP contribution in [0.15, 0.2) is 12.2 Å². The van der Waals surface area contributed by atoms with E-state index in [1.165, 1.54) is 135 Å². The van der Waals surface area contributed by atoms with Crippen LogP contribution in [0.2, 0.25) is 0 Å². The number of unbranched alkanes of at least 4 members (excludes halogenated alkanes) is 26. The molecule has 0 radical (unpaired) electrons. The smallest absolute Gasteiger partial charge is 0.249 e. The first-order valence-corrected chi connectivity index (χ1v) is 24.1. The van der Waals surface area contributed by atoms with E-state index in [1.54, 1.807) is 0 Å². The fraction of sp³-hybridized carbons (Fsp3) is 0.936. The van der Waals surface area contributed by atoms with Gasteiger partial charge < -0.3 is 50.5 Å². The SMILES string of the molecule is CCCCCCCC/C=C\CCCCCCCCCCCC[C@@H](O)C(=O)N[C@@H](CO[C@@H]1O[C@H](CO)[C@@H](O)[C@H](O)[C@H]1O)[C@H](O)[C@H](O)CCCCCCCCCCCCC. The molecule has 0 aliphatic carbocycles. The third-order valence-corrected chi connectivity index (χ3v) is 11.8. The second-order valence-corrected chi connectivity index (χ2v) is 17.2. The van der Waals surface area contributed by atoms with Gasteiger partial charge in [-0.05, 0) is 38.5 Å². The van der Waals surface area contributed by atoms with Gasteiger partial charge in [0.2, 0.25) is 5.91 Å². The summed E-state index contributed by atoms with van der Waals surface area (Å²) < 4.78 is 11.1. The number of nitrogens with one attached hydrogen (secondary N) is 1. The third kappa shape index (κ3) is 26.9. The Morgan fingerprint density at radius 2 is 1.00 bits per heavy atom. The van der Waals surface area contributed by atoms with Crippen molar-refractivity contribution in [1.82, 2.24) is 5.32 Å². The molecule has 0 saturated carbocycles. The number of aliphatic hydroxyl groups excluding tert-OH is 7. The van der Waals surface area contributed by atoms with Crippen LogP contribution < -0.4 is 5.32 Å². The van der Waals surface area contributed by atoms with Crippen LogP contribution in [-0.2, 0) is 14.3 Å². The highest BCUT2D eigenvalue weighted by molar-refractivity contribution is 5.80. The van der Waals surface area contributed by atoms with Crippen LogP contribution in [0.4, 0.5) is 0 Å². The first kappa shape index (κ1) is 54.9. The lowest BCUT2D eigenvalue weighted by Gasteiger charge is -2.40. The van der Waals surface area contributed by atoms with E-state index in [0.717, 1.165) is 38.5 Å². The molecular weight excluding hydrogens is 739 g/mol. The fourth-order valence-electron chi connectivity index (χ4n) is 7.79. The first-order chi connectivity index (χ1) is 28.2. The van der Waals surface area contributed by atoms with Crippen LogP contribution >= 0.6 is 0 Å². The van der Waals surface area contributed by atoms with Gasteiger partial charge in [-0.2, -0.15) is 0 Å². The van der Waals surface area contributed by atoms with Crippen LogP contribution in [-0.4, -0.2) is 110 Å². The summed E-state index contributed by atoms with van der Waals surface area (Å²) in [5.74, 6) is -0.698. The topological polar surface area (TPSA) is 189 Å². The average molecular weight is 830 g/mol. The molecule has 1 rings (SSSR count). The standard InChI is InChI=1S/C47H91NO10/c1-3-5-7-9-11-13-15-16-17-18-19-20-21-22-23-25-27-29-31-33-35-40(51)46(56)48-38(37-57-47-45(55)44(54)43(53)41(36-49)58-47)42(52)39(50)34-32-30-28-26-24-14-12-10-8-6-4-2/h16-17,38-45,47,49-55H,3-15,18-37H2,1-2H3,(H,48,56)/b17-16-/t38-,39+,40+,41+,42-,43+,44-,45+,47+/m0/s1. The van der Waals surface area contributed by atoms with Crippen LogP contribution in [0.1, 0.15) is 213 Å². The van der Waals surface area contributed by atoms with Crippen molar-refractivity contribution < 1.29 is 50.0 Å². The molecule has 11 heteroatoms. The Morgan fingerprint density at radius 1 is 0.586 bits per heavy atom. The second-order valence-electron chi connectivity index (χ2n) is 17.2. The lowest BCUT2D eigenvalue weighted by Crippen LogP contribution is -2.60. The number of hydrogen-bond donors (Lipinski definition) is 8. The molecule has 1 aliphatic rings. The van der Waals surface area contributed by atoms with Gasteiger partial charge in [-0.1, -0.05) is 187 Å². The molecule has 0 unspecified atom stereocenters. The normalized spacial score (nSPS) is 22.0. The predicted molar refractivity (Wildman–Crippen MR) is 233 cm³/mol. The number of amides is 1. The molecule has 0 aromatic carbocycles. The highest BCUT2D eigenvalue weighted by atomic mass is 16.7. The molecule has 0 aromatic heterocycles. The van der Waals surface area contributed by atoms with E-state index >= 15 is 0 Å². The summed E-state index contributed by atoms with van der Waals surface area (Å²) in [5, 5.41) is 75.6. The average Bonchev–Trinajstić information content (AvgIpc) is 3.22. The maximum absolute atomic E-state index is 13.1. The zero-order valence-corrected chi connectivity index (χ0v) is 37.0. The minimum atomic E-state index is -1.66. The molecule has 0 bridgehead atoms. The van der Waals surface area contributed by atoms with Gasteiger partial charge in [0.25, 0.3) is 0 Å². The summed E-state index contributed by atoms with van der Waals surface area (Å²) in [4.78, 5) is 13.1. The Balaban J connectivity index is 2.39. The van der Waals surface area contributed by atoms with E-state index in [1.807, 2.05) is 0 Å². The van der Waals surface area contributed by atoms with Crippen LogP contribution in [0.3, 0.4) is 0 Å². The summed E-state index contributed by atoms with van der Waals surface area (Å²) in [5.41, 5.74) is 0. The van der Waals surface area contributed by atoms with Crippen LogP contribution in [0.25, 0.3) is 0 Å². The second kappa shape index (κ2) is 37.6. The number of hydrogen-bond acceptors (Lipinski definition) is 10. The van der Waals surface area contributed by atoms with Crippen molar-refractivity contribution in [3.63, 3.8) is 0 Å². The zero-order chi connectivity index (χ0) is 42.6. The molecule has 1 heterocycles. The van der Waals surface area contributed by atoms with Crippen molar-refractivity contribution in [2.45, 2.75) is 268 Å². The van der Waals surface area contributed by atoms with Gasteiger partial charge in [0.1, 0.15) is 36.6 Å². The molecule has 58 heavy (non-hydrogen) atoms. The lowest BCUT2D eigenvalue weighted by atomic mass is 9.98. The van der Waals surface area contributed by atoms with Gasteiger partial charge in [-0.3, -0.25) is 4.79 Å². The lowest BCUT2D eigenvalue weighted by molar-refractivity contribution is -0.303. The van der Waals surface area contributed by atoms with Crippen molar-refractivity contribution in [2.24, 2.45) is 0 Å². The molecule has 0 spiro atoms. The summed E-state index contributed by atoms with van der Waals surface area (Å²) in [6.45, 7) is 3.43. The van der Waals surface area contributed by atoms with Gasteiger partial charge in [-0.25, -0.2) is 0 Å². The Labute approximate surface area is 353 Å². The largest absolute Gasteiger partial charge is 0.394 e. The minimum absolute atomic E-state index is 0.261. The van der Waals surface area contributed by atoms with E-state index in [-0.39, 0.29) is 6.42 Å². The molecule has 1 aliphatic heterocycles. The predicted octanol–water partition coefficient (Wildman–Crippen LogP) is 8.06. The number of carbonyl (C=O) groups excluding carboxylic acids is 1. The molecule has 1 amide bonds. The van der Waals surface area contributed by atoms with Crippen molar-refractivity contribution in [2.75, 3.05) is 13.2 Å². The quantitative estimate of drug-likeness (QED) is 0.0222. The molecule has 1 saturated heterocycles. The Bertz CT molecular complexity index is 954. The van der Waals surface area contributed by atoms with E-state index in [9.17, 15) is 40.5 Å².